The quantitative estimate of drug-likeness (QED) is 0.736. The van der Waals surface area contributed by atoms with Gasteiger partial charge in [-0.3, -0.25) is 9.44 Å². The van der Waals surface area contributed by atoms with Crippen molar-refractivity contribution in [3.05, 3.63) is 84.2 Å². The fourth-order valence-electron chi connectivity index (χ4n) is 1.87. The van der Waals surface area contributed by atoms with Crippen LogP contribution >= 0.6 is 0 Å². The van der Waals surface area contributed by atoms with E-state index in [1.807, 2.05) is 36.4 Å². The summed E-state index contributed by atoms with van der Waals surface area (Å²) in [7, 11) is -8.05. The number of rotatable bonds is 8. The summed E-state index contributed by atoms with van der Waals surface area (Å²) < 4.78 is 51.7. The lowest BCUT2D eigenvalue weighted by atomic mass is 10.2. The topological polar surface area (TPSA) is 92.3 Å². The van der Waals surface area contributed by atoms with Crippen molar-refractivity contribution in [1.29, 1.82) is 0 Å². The van der Waals surface area contributed by atoms with Crippen LogP contribution in [-0.4, -0.2) is 21.9 Å². The molecule has 0 heterocycles. The molecular formula is C17H18N2O4S2. The van der Waals surface area contributed by atoms with Crippen LogP contribution in [0.2, 0.25) is 0 Å². The Morgan fingerprint density at radius 2 is 1.00 bits per heavy atom. The average molecular weight is 378 g/mol. The molecule has 132 valence electrons. The summed E-state index contributed by atoms with van der Waals surface area (Å²) in [6.07, 6.45) is 5.46. The Bertz CT molecular complexity index is 857. The van der Waals surface area contributed by atoms with Crippen molar-refractivity contribution in [2.75, 3.05) is 5.08 Å². The zero-order valence-corrected chi connectivity index (χ0v) is 14.9. The summed E-state index contributed by atoms with van der Waals surface area (Å²) in [4.78, 5) is 0. The average Bonchev–Trinajstić information content (AvgIpc) is 2.55. The molecule has 0 saturated heterocycles. The van der Waals surface area contributed by atoms with Crippen LogP contribution in [0.3, 0.4) is 0 Å². The highest BCUT2D eigenvalue weighted by atomic mass is 32.3. The molecule has 0 aliphatic carbocycles. The fourth-order valence-corrected chi connectivity index (χ4v) is 4.60. The smallest absolute Gasteiger partial charge is 0.248 e. The molecule has 0 atom stereocenters. The van der Waals surface area contributed by atoms with E-state index in [0.29, 0.717) is 0 Å². The molecule has 0 bridgehead atoms. The molecule has 0 saturated carbocycles. The summed E-state index contributed by atoms with van der Waals surface area (Å²) >= 11 is 0. The fraction of sp³-hybridized carbons (Fsp3) is 0.0588. The van der Waals surface area contributed by atoms with Crippen LogP contribution in [0.4, 0.5) is 0 Å². The molecule has 0 fully saturated rings. The largest absolute Gasteiger partial charge is 0.289 e. The van der Waals surface area contributed by atoms with Gasteiger partial charge in [-0.2, -0.15) is 0 Å². The molecule has 0 aliphatic heterocycles. The first-order chi connectivity index (χ1) is 11.9. The minimum absolute atomic E-state index is 0.789. The predicted molar refractivity (Wildman–Crippen MR) is 99.9 cm³/mol. The van der Waals surface area contributed by atoms with Crippen molar-refractivity contribution in [1.82, 2.24) is 9.44 Å². The van der Waals surface area contributed by atoms with E-state index in [0.717, 1.165) is 11.1 Å². The lowest BCUT2D eigenvalue weighted by Crippen LogP contribution is -2.32. The van der Waals surface area contributed by atoms with Gasteiger partial charge in [-0.25, -0.2) is 16.8 Å². The first-order valence-electron chi connectivity index (χ1n) is 7.29. The molecular weight excluding hydrogens is 360 g/mol. The van der Waals surface area contributed by atoms with Crippen molar-refractivity contribution in [2.24, 2.45) is 0 Å². The van der Waals surface area contributed by atoms with Gasteiger partial charge in [0.15, 0.2) is 5.08 Å². The van der Waals surface area contributed by atoms with Crippen molar-refractivity contribution in [3.8, 4) is 0 Å². The minimum atomic E-state index is -4.03. The molecule has 2 aromatic carbocycles. The lowest BCUT2D eigenvalue weighted by molar-refractivity contribution is 0.583. The highest BCUT2D eigenvalue weighted by molar-refractivity contribution is 8.06. The number of nitrogens with one attached hydrogen (secondary N) is 2. The lowest BCUT2D eigenvalue weighted by Gasteiger charge is -2.05. The van der Waals surface area contributed by atoms with Crippen molar-refractivity contribution < 1.29 is 16.8 Å². The Kier molecular flexibility index (Phi) is 6.37. The SMILES string of the molecule is O=S(=O)(CS(=O)(=O)N/C=C/c1ccccc1)N/C=C/c1ccccc1. The summed E-state index contributed by atoms with van der Waals surface area (Å²) in [5.41, 5.74) is 1.58. The Morgan fingerprint density at radius 1 is 0.640 bits per heavy atom. The third-order valence-corrected chi connectivity index (χ3v) is 6.43. The van der Waals surface area contributed by atoms with E-state index in [4.69, 9.17) is 0 Å². The van der Waals surface area contributed by atoms with Crippen LogP contribution in [0.25, 0.3) is 12.2 Å². The maximum Gasteiger partial charge on any atom is 0.248 e. The van der Waals surface area contributed by atoms with Gasteiger partial charge in [0.2, 0.25) is 20.0 Å². The van der Waals surface area contributed by atoms with E-state index in [-0.39, 0.29) is 0 Å². The Labute approximate surface area is 148 Å². The highest BCUT2D eigenvalue weighted by Gasteiger charge is 2.19. The maximum atomic E-state index is 11.9. The minimum Gasteiger partial charge on any atom is -0.289 e. The van der Waals surface area contributed by atoms with Gasteiger partial charge in [-0.05, 0) is 23.3 Å². The first-order valence-corrected chi connectivity index (χ1v) is 10.6. The van der Waals surface area contributed by atoms with Gasteiger partial charge in [0.1, 0.15) is 0 Å². The van der Waals surface area contributed by atoms with E-state index < -0.39 is 25.1 Å². The molecule has 8 heteroatoms. The zero-order chi connectivity index (χ0) is 18.2. The summed E-state index contributed by atoms with van der Waals surface area (Å²) in [5, 5.41) is -1.07. The number of benzene rings is 2. The van der Waals surface area contributed by atoms with Crippen LogP contribution in [0.1, 0.15) is 11.1 Å². The van der Waals surface area contributed by atoms with Gasteiger partial charge in [-0.15, -0.1) is 0 Å². The third kappa shape index (κ3) is 7.23. The number of hydrogen-bond acceptors (Lipinski definition) is 4. The van der Waals surface area contributed by atoms with Gasteiger partial charge < -0.3 is 0 Å². The van der Waals surface area contributed by atoms with E-state index in [9.17, 15) is 16.8 Å². The molecule has 0 spiro atoms. The molecule has 0 aliphatic rings. The molecule has 25 heavy (non-hydrogen) atoms. The molecule has 2 N–H and O–H groups in total. The third-order valence-electron chi connectivity index (χ3n) is 2.96. The normalized spacial score (nSPS) is 12.5. The Balaban J connectivity index is 1.91. The van der Waals surface area contributed by atoms with Crippen molar-refractivity contribution >= 4 is 32.2 Å². The summed E-state index contributed by atoms with van der Waals surface area (Å²) in [6.45, 7) is 0. The van der Waals surface area contributed by atoms with Gasteiger partial charge in [0, 0.05) is 12.4 Å². The second-order valence-corrected chi connectivity index (χ2v) is 8.94. The van der Waals surface area contributed by atoms with E-state index in [1.54, 1.807) is 24.3 Å². The molecule has 0 radical (unpaired) electrons. The molecule has 2 aromatic rings. The molecule has 0 aromatic heterocycles. The van der Waals surface area contributed by atoms with E-state index >= 15 is 0 Å². The van der Waals surface area contributed by atoms with Crippen LogP contribution in [-0.2, 0) is 20.0 Å². The van der Waals surface area contributed by atoms with Crippen molar-refractivity contribution in [3.63, 3.8) is 0 Å². The van der Waals surface area contributed by atoms with Crippen LogP contribution < -0.4 is 9.44 Å². The number of sulfonamides is 2. The van der Waals surface area contributed by atoms with Crippen molar-refractivity contribution in [2.45, 2.75) is 0 Å². The predicted octanol–water partition coefficient (Wildman–Crippen LogP) is 2.12. The van der Waals surface area contributed by atoms with Gasteiger partial charge in [0.25, 0.3) is 0 Å². The summed E-state index contributed by atoms with van der Waals surface area (Å²) in [6, 6.07) is 18.1. The number of hydrogen-bond donors (Lipinski definition) is 2. The van der Waals surface area contributed by atoms with Gasteiger partial charge in [-0.1, -0.05) is 60.7 Å². The standard InChI is InChI=1S/C17H18N2O4S2/c20-24(21,18-13-11-16-7-3-1-4-8-16)15-25(22,23)19-14-12-17-9-5-2-6-10-17/h1-14,18-19H,15H2/b13-11+,14-12+. The summed E-state index contributed by atoms with van der Waals surface area (Å²) in [5.74, 6) is 0. The Morgan fingerprint density at radius 3 is 1.36 bits per heavy atom. The second kappa shape index (κ2) is 8.50. The monoisotopic (exact) mass is 378 g/mol. The highest BCUT2D eigenvalue weighted by Crippen LogP contribution is 2.02. The van der Waals surface area contributed by atoms with Gasteiger partial charge in [0.05, 0.1) is 0 Å². The molecule has 2 rings (SSSR count). The Hall–Kier alpha value is -2.58. The molecule has 6 nitrogen and oxygen atoms in total. The van der Waals surface area contributed by atoms with Crippen LogP contribution in [0.5, 0.6) is 0 Å². The molecule has 0 amide bonds. The molecule has 0 unspecified atom stereocenters. The maximum absolute atomic E-state index is 11.9. The zero-order valence-electron chi connectivity index (χ0n) is 13.2. The first kappa shape index (κ1) is 18.8. The van der Waals surface area contributed by atoms with E-state index in [2.05, 4.69) is 9.44 Å². The second-order valence-electron chi connectivity index (χ2n) is 5.07. The van der Waals surface area contributed by atoms with Crippen LogP contribution in [0.15, 0.2) is 73.1 Å². The van der Waals surface area contributed by atoms with Gasteiger partial charge >= 0.3 is 0 Å². The van der Waals surface area contributed by atoms with E-state index in [1.165, 1.54) is 24.6 Å². The van der Waals surface area contributed by atoms with Crippen LogP contribution in [0, 0.1) is 0 Å².